The minimum absolute atomic E-state index is 0. The number of fused-ring (bicyclic) bond motifs is 3. The van der Waals surface area contributed by atoms with Crippen molar-refractivity contribution in [3.05, 3.63) is 124 Å². The van der Waals surface area contributed by atoms with Crippen molar-refractivity contribution in [3.8, 4) is 11.1 Å². The summed E-state index contributed by atoms with van der Waals surface area (Å²) in [6.07, 6.45) is 0.799. The first-order chi connectivity index (χ1) is 14.7. The molecule has 4 aromatic rings. The Balaban J connectivity index is 0.000000172. The Morgan fingerprint density at radius 3 is 1.74 bits per heavy atom. The van der Waals surface area contributed by atoms with E-state index in [1.54, 1.807) is 33.7 Å². The minimum atomic E-state index is -0.344. The number of nitrogens with zero attached hydrogens (tertiary/aromatic N) is 1. The molecule has 6 heteroatoms. The largest absolute Gasteiger partial charge is 0.269 e. The van der Waals surface area contributed by atoms with Crippen molar-refractivity contribution in [1.29, 1.82) is 0 Å². The number of rotatable bonds is 4. The number of benzene rings is 4. The number of non-ortho nitro benzene ring substituents is 1. The monoisotopic (exact) mass is 477 g/mol. The molecule has 3 nitrogen and oxygen atoms in total. The molecule has 5 rings (SSSR count). The van der Waals surface area contributed by atoms with Gasteiger partial charge in [-0.1, -0.05) is 82.3 Å². The van der Waals surface area contributed by atoms with Crippen LogP contribution in [0.5, 0.6) is 0 Å². The zero-order valence-electron chi connectivity index (χ0n) is 16.6. The Hall–Kier alpha value is -2.31. The van der Waals surface area contributed by atoms with Crippen LogP contribution in [-0.2, 0) is 28.1 Å². The molecular formula is C25H19NO2S2Ti. The quantitative estimate of drug-likeness (QED) is 0.115. The fraction of sp³-hybridized carbons (Fsp3) is 0.0400. The zero-order valence-corrected chi connectivity index (χ0v) is 19.8. The van der Waals surface area contributed by atoms with Gasteiger partial charge in [-0.05, 0) is 59.0 Å². The van der Waals surface area contributed by atoms with E-state index in [0.29, 0.717) is 0 Å². The van der Waals surface area contributed by atoms with Gasteiger partial charge in [-0.25, -0.2) is 0 Å². The van der Waals surface area contributed by atoms with Crippen LogP contribution in [0.15, 0.2) is 113 Å². The Bertz CT molecular complexity index is 1120. The standard InChI is InChI=1S/C13H9NO2.C12H10S2.Ti/c15-14(16)11-5-6-13-10(8-11)7-9-3-1-2-4-12(9)13;1-3-7-11(8-4-1)13-14-12-9-5-2-6-10-12;/h1-6,8H,7H2;1-10H;. The van der Waals surface area contributed by atoms with E-state index in [9.17, 15) is 10.1 Å². The second-order valence-corrected chi connectivity index (χ2v) is 9.00. The molecule has 0 saturated heterocycles. The maximum absolute atomic E-state index is 10.7. The van der Waals surface area contributed by atoms with Gasteiger partial charge in [-0.2, -0.15) is 0 Å². The van der Waals surface area contributed by atoms with E-state index in [2.05, 4.69) is 60.7 Å². The summed E-state index contributed by atoms with van der Waals surface area (Å²) in [6, 6.07) is 34.1. The zero-order chi connectivity index (χ0) is 20.8. The number of nitro benzene ring substituents is 1. The van der Waals surface area contributed by atoms with Crippen molar-refractivity contribution in [2.24, 2.45) is 0 Å². The third kappa shape index (κ3) is 6.11. The molecule has 152 valence electrons. The summed E-state index contributed by atoms with van der Waals surface area (Å²) < 4.78 is 0. The van der Waals surface area contributed by atoms with E-state index in [-0.39, 0.29) is 32.3 Å². The first-order valence-corrected chi connectivity index (χ1v) is 11.7. The minimum Gasteiger partial charge on any atom is -0.258 e. The molecular weight excluding hydrogens is 458 g/mol. The molecule has 0 aliphatic heterocycles. The second kappa shape index (κ2) is 11.4. The Kier molecular flexibility index (Phi) is 8.55. The first-order valence-electron chi connectivity index (χ1n) is 9.51. The van der Waals surface area contributed by atoms with Crippen LogP contribution in [0, 0.1) is 10.1 Å². The first kappa shape index (κ1) is 23.4. The smallest absolute Gasteiger partial charge is 0.258 e. The normalized spacial score (nSPS) is 10.7. The molecule has 0 amide bonds. The van der Waals surface area contributed by atoms with Crippen molar-refractivity contribution in [1.82, 2.24) is 0 Å². The van der Waals surface area contributed by atoms with E-state index in [4.69, 9.17) is 0 Å². The number of hydrogen-bond acceptors (Lipinski definition) is 4. The molecule has 0 unspecified atom stereocenters. The topological polar surface area (TPSA) is 43.1 Å². The molecule has 31 heavy (non-hydrogen) atoms. The summed E-state index contributed by atoms with van der Waals surface area (Å²) in [6.45, 7) is 0. The number of nitro groups is 1. The van der Waals surface area contributed by atoms with Crippen LogP contribution < -0.4 is 0 Å². The second-order valence-electron chi connectivity index (χ2n) is 6.73. The van der Waals surface area contributed by atoms with Gasteiger partial charge in [0, 0.05) is 43.6 Å². The van der Waals surface area contributed by atoms with E-state index in [1.165, 1.54) is 20.9 Å². The van der Waals surface area contributed by atoms with Crippen molar-refractivity contribution < 1.29 is 26.6 Å². The van der Waals surface area contributed by atoms with Gasteiger partial charge in [0.2, 0.25) is 0 Å². The van der Waals surface area contributed by atoms with Crippen molar-refractivity contribution >= 4 is 27.3 Å². The van der Waals surface area contributed by atoms with Gasteiger partial charge in [0.25, 0.3) is 5.69 Å². The van der Waals surface area contributed by atoms with E-state index >= 15 is 0 Å². The van der Waals surface area contributed by atoms with Crippen molar-refractivity contribution in [2.45, 2.75) is 16.2 Å². The predicted molar refractivity (Wildman–Crippen MR) is 126 cm³/mol. The van der Waals surface area contributed by atoms with Gasteiger partial charge in [-0.15, -0.1) is 0 Å². The summed E-state index contributed by atoms with van der Waals surface area (Å²) in [7, 11) is 3.58. The molecule has 0 fully saturated rings. The van der Waals surface area contributed by atoms with Crippen LogP contribution in [0.3, 0.4) is 0 Å². The molecule has 0 aromatic heterocycles. The SMILES string of the molecule is O=[N+]([O-])c1ccc2c(c1)Cc1ccccc1-2.[Ti].c1ccc(SSc2ccccc2)cc1. The van der Waals surface area contributed by atoms with Crippen LogP contribution in [0.1, 0.15) is 11.1 Å². The van der Waals surface area contributed by atoms with Gasteiger partial charge >= 0.3 is 0 Å². The Labute approximate surface area is 204 Å². The van der Waals surface area contributed by atoms with Crippen LogP contribution >= 0.6 is 21.6 Å². The van der Waals surface area contributed by atoms with Gasteiger partial charge in [0.05, 0.1) is 4.92 Å². The maximum atomic E-state index is 10.7. The average molecular weight is 477 g/mol. The summed E-state index contributed by atoms with van der Waals surface area (Å²) in [5, 5.41) is 10.7. The molecule has 0 atom stereocenters. The summed E-state index contributed by atoms with van der Waals surface area (Å²) in [5.74, 6) is 0. The summed E-state index contributed by atoms with van der Waals surface area (Å²) in [4.78, 5) is 12.9. The molecule has 0 saturated carbocycles. The number of hydrogen-bond donors (Lipinski definition) is 0. The van der Waals surface area contributed by atoms with Crippen molar-refractivity contribution in [2.75, 3.05) is 0 Å². The van der Waals surface area contributed by atoms with E-state index in [0.717, 1.165) is 17.5 Å². The van der Waals surface area contributed by atoms with Gasteiger partial charge in [0.1, 0.15) is 0 Å². The van der Waals surface area contributed by atoms with E-state index in [1.807, 2.05) is 30.3 Å². The average Bonchev–Trinajstić information content (AvgIpc) is 3.17. The predicted octanol–water partition coefficient (Wildman–Crippen LogP) is 7.65. The van der Waals surface area contributed by atoms with Crippen LogP contribution in [0.4, 0.5) is 5.69 Å². The fourth-order valence-corrected chi connectivity index (χ4v) is 5.27. The third-order valence-electron chi connectivity index (χ3n) is 4.71. The summed E-state index contributed by atoms with van der Waals surface area (Å²) >= 11 is 0. The Morgan fingerprint density at radius 1 is 0.645 bits per heavy atom. The van der Waals surface area contributed by atoms with Gasteiger partial charge in [0.15, 0.2) is 0 Å². The van der Waals surface area contributed by atoms with Crippen molar-refractivity contribution in [3.63, 3.8) is 0 Å². The molecule has 4 aromatic carbocycles. The molecule has 0 radical (unpaired) electrons. The van der Waals surface area contributed by atoms with Crippen LogP contribution in [0.2, 0.25) is 0 Å². The van der Waals surface area contributed by atoms with Crippen LogP contribution in [-0.4, -0.2) is 4.92 Å². The van der Waals surface area contributed by atoms with Gasteiger partial charge < -0.3 is 0 Å². The fourth-order valence-electron chi connectivity index (χ4n) is 3.29. The summed E-state index contributed by atoms with van der Waals surface area (Å²) in [5.41, 5.74) is 4.80. The third-order valence-corrected chi connectivity index (χ3v) is 7.13. The molecule has 0 N–H and O–H groups in total. The maximum Gasteiger partial charge on any atom is 0.269 e. The van der Waals surface area contributed by atoms with Gasteiger partial charge in [-0.3, -0.25) is 10.1 Å². The molecule has 0 spiro atoms. The Morgan fingerprint density at radius 2 is 1.16 bits per heavy atom. The molecule has 0 heterocycles. The van der Waals surface area contributed by atoms with Crippen LogP contribution in [0.25, 0.3) is 11.1 Å². The molecule has 1 aliphatic carbocycles. The molecule has 0 bridgehead atoms. The molecule has 1 aliphatic rings. The van der Waals surface area contributed by atoms with E-state index < -0.39 is 0 Å².